The van der Waals surface area contributed by atoms with Gasteiger partial charge in [0.15, 0.2) is 0 Å². The lowest BCUT2D eigenvalue weighted by Gasteiger charge is -2.03. The summed E-state index contributed by atoms with van der Waals surface area (Å²) in [6.45, 7) is 0. The van der Waals surface area contributed by atoms with Crippen LogP contribution in [0.1, 0.15) is 20.9 Å². The quantitative estimate of drug-likeness (QED) is 0.456. The first-order chi connectivity index (χ1) is 13.0. The van der Waals surface area contributed by atoms with Gasteiger partial charge in [-0.25, -0.2) is 14.2 Å². The van der Waals surface area contributed by atoms with Crippen LogP contribution in [0, 0.1) is 5.82 Å². The minimum absolute atomic E-state index is 0.00989. The maximum absolute atomic E-state index is 13.6. The number of hydrogen-bond acceptors (Lipinski definition) is 3. The molecule has 0 spiro atoms. The topological polar surface area (TPSA) is 50.2 Å². The van der Waals surface area contributed by atoms with E-state index in [0.717, 1.165) is 26.1 Å². The second-order valence-corrected chi connectivity index (χ2v) is 7.68. The van der Waals surface area contributed by atoms with Crippen molar-refractivity contribution in [3.05, 3.63) is 87.6 Å². The van der Waals surface area contributed by atoms with Crippen LogP contribution in [0.4, 0.5) is 4.39 Å². The highest BCUT2D eigenvalue weighted by molar-refractivity contribution is 7.19. The molecule has 0 unspecified atom stereocenters. The first-order valence-corrected chi connectivity index (χ1v) is 9.36. The Morgan fingerprint density at radius 2 is 1.93 bits per heavy atom. The van der Waals surface area contributed by atoms with E-state index in [1.165, 1.54) is 18.2 Å². The number of benzene rings is 2. The van der Waals surface area contributed by atoms with Crippen molar-refractivity contribution in [3.63, 3.8) is 0 Å². The van der Waals surface area contributed by atoms with Gasteiger partial charge in [-0.2, -0.15) is 0 Å². The summed E-state index contributed by atoms with van der Waals surface area (Å²) in [5.41, 5.74) is 2.31. The Balaban J connectivity index is 1.76. The molecule has 1 N–H and O–H groups in total. The fourth-order valence-electron chi connectivity index (χ4n) is 3.02. The van der Waals surface area contributed by atoms with Crippen molar-refractivity contribution >= 4 is 39.0 Å². The zero-order valence-electron chi connectivity index (χ0n) is 13.9. The molecule has 0 aliphatic carbocycles. The Morgan fingerprint density at radius 1 is 1.11 bits per heavy atom. The highest BCUT2D eigenvalue weighted by Crippen LogP contribution is 2.35. The molecule has 0 aliphatic heterocycles. The second kappa shape index (κ2) is 7.10. The molecule has 2 aromatic carbocycles. The van der Waals surface area contributed by atoms with E-state index in [1.807, 2.05) is 18.2 Å². The lowest BCUT2D eigenvalue weighted by molar-refractivity contribution is 0.0690. The van der Waals surface area contributed by atoms with Crippen LogP contribution in [0.15, 0.2) is 60.7 Å². The van der Waals surface area contributed by atoms with Gasteiger partial charge in [0.1, 0.15) is 11.5 Å². The van der Waals surface area contributed by atoms with Crippen molar-refractivity contribution in [2.75, 3.05) is 0 Å². The summed E-state index contributed by atoms with van der Waals surface area (Å²) in [6, 6.07) is 17.4. The number of thiophene rings is 1. The number of carboxylic acids is 1. The Bertz CT molecular complexity index is 1150. The van der Waals surface area contributed by atoms with Gasteiger partial charge in [0, 0.05) is 26.6 Å². The first kappa shape index (κ1) is 17.6. The number of carboxylic acid groups (broad SMARTS) is 1. The fourth-order valence-corrected chi connectivity index (χ4v) is 4.48. The fraction of sp³-hybridized carbons (Fsp3) is 0.0476. The summed E-state index contributed by atoms with van der Waals surface area (Å²) < 4.78 is 14.6. The van der Waals surface area contributed by atoms with E-state index in [0.29, 0.717) is 17.1 Å². The Morgan fingerprint density at radius 3 is 2.70 bits per heavy atom. The molecule has 0 bridgehead atoms. The standard InChI is InChI=1S/C21H13ClFNO2S/c22-14-7-12(8-15(23)11-14)9-16-10-13-3-1-4-17(20(13)27-16)18-5-2-6-19(24-18)21(25)26/h1-8,10-11H,9H2,(H,25,26). The van der Waals surface area contributed by atoms with Gasteiger partial charge in [-0.15, -0.1) is 11.3 Å². The first-order valence-electron chi connectivity index (χ1n) is 8.17. The van der Waals surface area contributed by atoms with Gasteiger partial charge in [-0.05, 0) is 47.3 Å². The zero-order valence-corrected chi connectivity index (χ0v) is 15.5. The molecule has 6 heteroatoms. The molecule has 2 heterocycles. The van der Waals surface area contributed by atoms with E-state index >= 15 is 0 Å². The van der Waals surface area contributed by atoms with Crippen LogP contribution < -0.4 is 0 Å². The molecular formula is C21H13ClFNO2S. The summed E-state index contributed by atoms with van der Waals surface area (Å²) in [5.74, 6) is -1.41. The van der Waals surface area contributed by atoms with Crippen LogP contribution in [-0.4, -0.2) is 16.1 Å². The molecule has 0 radical (unpaired) electrons. The monoisotopic (exact) mass is 397 g/mol. The van der Waals surface area contributed by atoms with Gasteiger partial charge in [-0.1, -0.05) is 35.9 Å². The molecule has 134 valence electrons. The van der Waals surface area contributed by atoms with E-state index in [2.05, 4.69) is 11.1 Å². The van der Waals surface area contributed by atoms with Crippen molar-refractivity contribution in [1.82, 2.24) is 4.98 Å². The van der Waals surface area contributed by atoms with Gasteiger partial charge >= 0.3 is 5.97 Å². The van der Waals surface area contributed by atoms with E-state index in [-0.39, 0.29) is 11.5 Å². The second-order valence-electron chi connectivity index (χ2n) is 6.10. The van der Waals surface area contributed by atoms with E-state index in [9.17, 15) is 14.3 Å². The van der Waals surface area contributed by atoms with Crippen molar-refractivity contribution in [3.8, 4) is 11.3 Å². The predicted octanol–water partition coefficient (Wildman–Crippen LogP) is 6.04. The Labute approximate surface area is 163 Å². The molecule has 0 saturated heterocycles. The minimum Gasteiger partial charge on any atom is -0.477 e. The number of carbonyl (C=O) groups is 1. The number of fused-ring (bicyclic) bond motifs is 1. The van der Waals surface area contributed by atoms with Crippen LogP contribution >= 0.6 is 22.9 Å². The minimum atomic E-state index is -1.06. The predicted molar refractivity (Wildman–Crippen MR) is 106 cm³/mol. The number of aromatic nitrogens is 1. The Hall–Kier alpha value is -2.76. The molecule has 3 nitrogen and oxygen atoms in total. The van der Waals surface area contributed by atoms with Gasteiger partial charge in [-0.3, -0.25) is 0 Å². The SMILES string of the molecule is O=C(O)c1cccc(-c2cccc3cc(Cc4cc(F)cc(Cl)c4)sc23)n1. The van der Waals surface area contributed by atoms with Crippen LogP contribution in [0.5, 0.6) is 0 Å². The number of nitrogens with zero attached hydrogens (tertiary/aromatic N) is 1. The van der Waals surface area contributed by atoms with Gasteiger partial charge in [0.2, 0.25) is 0 Å². The van der Waals surface area contributed by atoms with E-state index in [1.54, 1.807) is 29.5 Å². The lowest BCUT2D eigenvalue weighted by atomic mass is 10.1. The highest BCUT2D eigenvalue weighted by Gasteiger charge is 2.12. The largest absolute Gasteiger partial charge is 0.477 e. The molecule has 0 aliphatic rings. The molecule has 4 aromatic rings. The van der Waals surface area contributed by atoms with E-state index in [4.69, 9.17) is 11.6 Å². The van der Waals surface area contributed by atoms with Crippen LogP contribution in [0.25, 0.3) is 21.3 Å². The van der Waals surface area contributed by atoms with Crippen molar-refractivity contribution in [1.29, 1.82) is 0 Å². The summed E-state index contributed by atoms with van der Waals surface area (Å²) in [6.07, 6.45) is 0.568. The average Bonchev–Trinajstić information content (AvgIpc) is 3.03. The lowest BCUT2D eigenvalue weighted by Crippen LogP contribution is -2.00. The smallest absolute Gasteiger partial charge is 0.354 e. The normalized spacial score (nSPS) is 11.0. The number of rotatable bonds is 4. The number of aromatic carboxylic acids is 1. The Kier molecular flexibility index (Phi) is 4.64. The van der Waals surface area contributed by atoms with Crippen LogP contribution in [0.2, 0.25) is 5.02 Å². The molecule has 0 atom stereocenters. The maximum Gasteiger partial charge on any atom is 0.354 e. The highest BCUT2D eigenvalue weighted by atomic mass is 35.5. The summed E-state index contributed by atoms with van der Waals surface area (Å²) in [4.78, 5) is 16.5. The third-order valence-electron chi connectivity index (χ3n) is 4.14. The zero-order chi connectivity index (χ0) is 19.0. The molecule has 0 saturated carbocycles. The number of halogens is 2. The average molecular weight is 398 g/mol. The van der Waals surface area contributed by atoms with Crippen LogP contribution in [-0.2, 0) is 6.42 Å². The van der Waals surface area contributed by atoms with Crippen molar-refractivity contribution < 1.29 is 14.3 Å². The third-order valence-corrected chi connectivity index (χ3v) is 5.54. The summed E-state index contributed by atoms with van der Waals surface area (Å²) >= 11 is 7.53. The molecule has 2 aromatic heterocycles. The molecule has 0 amide bonds. The summed E-state index contributed by atoms with van der Waals surface area (Å²) in [5, 5.41) is 10.6. The number of pyridine rings is 1. The van der Waals surface area contributed by atoms with Crippen molar-refractivity contribution in [2.45, 2.75) is 6.42 Å². The maximum atomic E-state index is 13.6. The molecule has 27 heavy (non-hydrogen) atoms. The third kappa shape index (κ3) is 3.70. The summed E-state index contributed by atoms with van der Waals surface area (Å²) in [7, 11) is 0. The van der Waals surface area contributed by atoms with Crippen molar-refractivity contribution in [2.24, 2.45) is 0 Å². The van der Waals surface area contributed by atoms with Gasteiger partial charge in [0.05, 0.1) is 5.69 Å². The van der Waals surface area contributed by atoms with Gasteiger partial charge < -0.3 is 5.11 Å². The molecule has 4 rings (SSSR count). The van der Waals surface area contributed by atoms with E-state index < -0.39 is 5.97 Å². The van der Waals surface area contributed by atoms with Gasteiger partial charge in [0.25, 0.3) is 0 Å². The molecular weight excluding hydrogens is 385 g/mol. The molecule has 0 fully saturated rings. The van der Waals surface area contributed by atoms with Crippen LogP contribution in [0.3, 0.4) is 0 Å². The number of hydrogen-bond donors (Lipinski definition) is 1.